The third-order valence-corrected chi connectivity index (χ3v) is 5.96. The first kappa shape index (κ1) is 20.8. The molecule has 1 N–H and O–H groups in total. The van der Waals surface area contributed by atoms with Crippen molar-refractivity contribution in [3.05, 3.63) is 47.5 Å². The maximum absolute atomic E-state index is 13.3. The summed E-state index contributed by atoms with van der Waals surface area (Å²) in [5.74, 6) is 1.30. The Hall–Kier alpha value is -1.92. The zero-order valence-corrected chi connectivity index (χ0v) is 17.2. The van der Waals surface area contributed by atoms with Gasteiger partial charge in [0, 0.05) is 13.1 Å². The average molecular weight is 407 g/mol. The molecule has 0 aliphatic carbocycles. The zero-order valence-electron chi connectivity index (χ0n) is 16.4. The molecule has 152 valence electrons. The maximum Gasteiger partial charge on any atom is 0.257 e. The van der Waals surface area contributed by atoms with Crippen LogP contribution >= 0.6 is 12.4 Å². The second-order valence-electron chi connectivity index (χ2n) is 8.03. The highest BCUT2D eigenvalue weighted by Crippen LogP contribution is 2.29. The Bertz CT molecular complexity index is 806. The molecule has 1 amide bonds. The summed E-state index contributed by atoms with van der Waals surface area (Å²) < 4.78 is 15.1. The van der Waals surface area contributed by atoms with Gasteiger partial charge >= 0.3 is 0 Å². The molecule has 0 unspecified atom stereocenters. The van der Waals surface area contributed by atoms with Crippen LogP contribution in [0.2, 0.25) is 0 Å². The number of rotatable bonds is 3. The quantitative estimate of drug-likeness (QED) is 0.846. The van der Waals surface area contributed by atoms with Crippen LogP contribution in [0.15, 0.2) is 30.5 Å². The maximum atomic E-state index is 13.3. The van der Waals surface area contributed by atoms with Gasteiger partial charge < -0.3 is 10.2 Å². The molecule has 1 aromatic heterocycles. The van der Waals surface area contributed by atoms with E-state index in [9.17, 15) is 9.18 Å². The first-order valence-corrected chi connectivity index (χ1v) is 9.88. The van der Waals surface area contributed by atoms with Crippen molar-refractivity contribution in [2.75, 3.05) is 26.2 Å². The standard InChI is InChI=1S/C21H27FN4O.ClH/c1-14(2)20-19(13-24-26(20)18-5-3-17(22)4-6-18)21(27)25-9-7-15-11-23-12-16(15)8-10-25;/h3-6,13-16,23H,7-12H2,1-2H3;1H/t15-,16+;. The van der Waals surface area contributed by atoms with Gasteiger partial charge in [-0.05, 0) is 68.0 Å². The van der Waals surface area contributed by atoms with Crippen LogP contribution in [0, 0.1) is 17.7 Å². The van der Waals surface area contributed by atoms with Gasteiger partial charge in [-0.15, -0.1) is 12.4 Å². The molecule has 2 aliphatic rings. The fourth-order valence-corrected chi connectivity index (χ4v) is 4.46. The Morgan fingerprint density at radius 1 is 1.14 bits per heavy atom. The van der Waals surface area contributed by atoms with E-state index in [-0.39, 0.29) is 30.0 Å². The molecule has 5 nitrogen and oxygen atoms in total. The lowest BCUT2D eigenvalue weighted by atomic mass is 9.92. The second-order valence-corrected chi connectivity index (χ2v) is 8.03. The van der Waals surface area contributed by atoms with Crippen LogP contribution in [-0.2, 0) is 0 Å². The van der Waals surface area contributed by atoms with Gasteiger partial charge in [0.1, 0.15) is 5.82 Å². The third-order valence-electron chi connectivity index (χ3n) is 5.96. The lowest BCUT2D eigenvalue weighted by molar-refractivity contribution is 0.0757. The van der Waals surface area contributed by atoms with Gasteiger partial charge in [-0.25, -0.2) is 9.07 Å². The molecule has 0 saturated carbocycles. The van der Waals surface area contributed by atoms with Gasteiger partial charge in [0.15, 0.2) is 0 Å². The summed E-state index contributed by atoms with van der Waals surface area (Å²) >= 11 is 0. The summed E-state index contributed by atoms with van der Waals surface area (Å²) in [6.07, 6.45) is 3.80. The number of amides is 1. The van der Waals surface area contributed by atoms with Crippen LogP contribution in [-0.4, -0.2) is 46.8 Å². The fourth-order valence-electron chi connectivity index (χ4n) is 4.46. The number of halogens is 2. The van der Waals surface area contributed by atoms with Crippen molar-refractivity contribution in [2.24, 2.45) is 11.8 Å². The summed E-state index contributed by atoms with van der Waals surface area (Å²) in [5, 5.41) is 7.94. The minimum absolute atomic E-state index is 0. The van der Waals surface area contributed by atoms with Crippen molar-refractivity contribution in [3.63, 3.8) is 0 Å². The van der Waals surface area contributed by atoms with E-state index in [1.54, 1.807) is 23.0 Å². The van der Waals surface area contributed by atoms with Crippen molar-refractivity contribution in [3.8, 4) is 5.69 Å². The van der Waals surface area contributed by atoms with E-state index in [0.717, 1.165) is 50.4 Å². The number of likely N-dealkylation sites (tertiary alicyclic amines) is 1. The third kappa shape index (κ3) is 3.94. The molecule has 0 radical (unpaired) electrons. The van der Waals surface area contributed by atoms with Gasteiger partial charge in [0.05, 0.1) is 23.1 Å². The van der Waals surface area contributed by atoms with Crippen molar-refractivity contribution in [1.82, 2.24) is 20.0 Å². The number of benzene rings is 1. The molecular formula is C21H28ClFN4O. The first-order valence-electron chi connectivity index (χ1n) is 9.88. The molecule has 2 aliphatic heterocycles. The smallest absolute Gasteiger partial charge is 0.257 e. The average Bonchev–Trinajstić information content (AvgIpc) is 3.25. The number of carbonyl (C=O) groups excluding carboxylic acids is 1. The van der Waals surface area contributed by atoms with E-state index in [1.165, 1.54) is 12.1 Å². The normalized spacial score (nSPS) is 21.9. The van der Waals surface area contributed by atoms with Crippen LogP contribution in [0.25, 0.3) is 5.69 Å². The van der Waals surface area contributed by atoms with E-state index in [1.807, 2.05) is 4.90 Å². The van der Waals surface area contributed by atoms with Crippen LogP contribution in [0.5, 0.6) is 0 Å². The van der Waals surface area contributed by atoms with Crippen LogP contribution in [0.1, 0.15) is 48.7 Å². The Kier molecular flexibility index (Phi) is 6.40. The predicted octanol–water partition coefficient (Wildman–Crippen LogP) is 3.63. The molecule has 2 aromatic rings. The summed E-state index contributed by atoms with van der Waals surface area (Å²) in [4.78, 5) is 15.3. The Morgan fingerprint density at radius 3 is 2.32 bits per heavy atom. The van der Waals surface area contributed by atoms with E-state index in [0.29, 0.717) is 17.4 Å². The molecule has 0 spiro atoms. The SMILES string of the molecule is CC(C)c1c(C(=O)N2CC[C@@H]3CNC[C@@H]3CC2)cnn1-c1ccc(F)cc1.Cl. The van der Waals surface area contributed by atoms with Gasteiger partial charge in [-0.1, -0.05) is 13.8 Å². The minimum atomic E-state index is -0.280. The number of hydrogen-bond donors (Lipinski definition) is 1. The lowest BCUT2D eigenvalue weighted by Gasteiger charge is -2.22. The number of fused-ring (bicyclic) bond motifs is 1. The number of hydrogen-bond acceptors (Lipinski definition) is 3. The monoisotopic (exact) mass is 406 g/mol. The molecule has 2 saturated heterocycles. The number of aromatic nitrogens is 2. The molecule has 7 heteroatoms. The summed E-state index contributed by atoms with van der Waals surface area (Å²) in [6.45, 7) is 7.89. The van der Waals surface area contributed by atoms with Crippen LogP contribution in [0.4, 0.5) is 4.39 Å². The van der Waals surface area contributed by atoms with E-state index >= 15 is 0 Å². The van der Waals surface area contributed by atoms with Gasteiger partial charge in [-0.2, -0.15) is 5.10 Å². The lowest BCUT2D eigenvalue weighted by Crippen LogP contribution is -2.33. The molecule has 2 atom stereocenters. The molecule has 3 heterocycles. The minimum Gasteiger partial charge on any atom is -0.339 e. The zero-order chi connectivity index (χ0) is 19.0. The number of carbonyl (C=O) groups is 1. The highest BCUT2D eigenvalue weighted by atomic mass is 35.5. The van der Waals surface area contributed by atoms with E-state index in [2.05, 4.69) is 24.3 Å². The topological polar surface area (TPSA) is 50.2 Å². The van der Waals surface area contributed by atoms with Gasteiger partial charge in [-0.3, -0.25) is 4.79 Å². The molecular weight excluding hydrogens is 379 g/mol. The Balaban J connectivity index is 0.00000225. The number of nitrogens with zero attached hydrogens (tertiary/aromatic N) is 3. The van der Waals surface area contributed by atoms with Crippen LogP contribution in [0.3, 0.4) is 0 Å². The summed E-state index contributed by atoms with van der Waals surface area (Å²) in [5.41, 5.74) is 2.33. The van der Waals surface area contributed by atoms with E-state index in [4.69, 9.17) is 0 Å². The molecule has 28 heavy (non-hydrogen) atoms. The fraction of sp³-hybridized carbons (Fsp3) is 0.524. The number of nitrogens with one attached hydrogen (secondary N) is 1. The summed E-state index contributed by atoms with van der Waals surface area (Å²) in [7, 11) is 0. The van der Waals surface area contributed by atoms with Crippen molar-refractivity contribution >= 4 is 18.3 Å². The van der Waals surface area contributed by atoms with Crippen LogP contribution < -0.4 is 5.32 Å². The second kappa shape index (κ2) is 8.62. The van der Waals surface area contributed by atoms with E-state index < -0.39 is 0 Å². The molecule has 1 aromatic carbocycles. The highest BCUT2D eigenvalue weighted by molar-refractivity contribution is 5.95. The van der Waals surface area contributed by atoms with Crippen molar-refractivity contribution in [1.29, 1.82) is 0 Å². The summed E-state index contributed by atoms with van der Waals surface area (Å²) in [6, 6.07) is 6.24. The van der Waals surface area contributed by atoms with Crippen molar-refractivity contribution < 1.29 is 9.18 Å². The Morgan fingerprint density at radius 2 is 1.75 bits per heavy atom. The Labute approximate surface area is 171 Å². The molecule has 2 fully saturated rings. The molecule has 4 rings (SSSR count). The predicted molar refractivity (Wildman–Crippen MR) is 110 cm³/mol. The highest BCUT2D eigenvalue weighted by Gasteiger charge is 2.33. The van der Waals surface area contributed by atoms with Crippen molar-refractivity contribution in [2.45, 2.75) is 32.6 Å². The molecule has 0 bridgehead atoms. The van der Waals surface area contributed by atoms with Gasteiger partial charge in [0.2, 0.25) is 0 Å². The largest absolute Gasteiger partial charge is 0.339 e. The van der Waals surface area contributed by atoms with Gasteiger partial charge in [0.25, 0.3) is 5.91 Å². The first-order chi connectivity index (χ1) is 13.0.